The molecule has 2 N–H and O–H groups in total. The van der Waals surface area contributed by atoms with Crippen molar-refractivity contribution in [2.45, 2.75) is 6.92 Å². The number of nitrogen functional groups attached to an aromatic ring is 1. The summed E-state index contributed by atoms with van der Waals surface area (Å²) in [6, 6.07) is 3.01. The zero-order valence-electron chi connectivity index (χ0n) is 6.40. The van der Waals surface area contributed by atoms with Crippen molar-refractivity contribution < 1.29 is 4.79 Å². The Morgan fingerprint density at radius 1 is 1.42 bits per heavy atom. The number of Topliss-reactive ketones (excluding diaryl/α,β-unsaturated/α-hetero) is 1. The number of hydrogen-bond donors (Lipinski definition) is 1. The molecule has 0 aliphatic rings. The molecule has 0 saturated carbocycles. The predicted octanol–water partition coefficient (Wildman–Crippen LogP) is 2.78. The number of carbonyl (C=O) groups is 1. The summed E-state index contributed by atoms with van der Waals surface area (Å²) in [7, 11) is 0. The normalized spacial score (nSPS) is 9.92. The van der Waals surface area contributed by atoms with Gasteiger partial charge in [0.1, 0.15) is 0 Å². The van der Waals surface area contributed by atoms with Gasteiger partial charge >= 0.3 is 0 Å². The summed E-state index contributed by atoms with van der Waals surface area (Å²) in [6.45, 7) is 1.42. The average molecular weight is 204 g/mol. The molecule has 0 amide bonds. The van der Waals surface area contributed by atoms with Crippen LogP contribution in [0, 0.1) is 0 Å². The Balaban J connectivity index is 3.37. The van der Waals surface area contributed by atoms with E-state index in [-0.39, 0.29) is 11.5 Å². The first-order valence-electron chi connectivity index (χ1n) is 3.28. The molecule has 0 aliphatic carbocycles. The minimum absolute atomic E-state index is 0.142. The number of halogens is 2. The number of nitrogens with two attached hydrogens (primary N) is 1. The molecule has 0 aliphatic heterocycles. The molecule has 12 heavy (non-hydrogen) atoms. The second-order valence-corrected chi connectivity index (χ2v) is 3.25. The van der Waals surface area contributed by atoms with Crippen LogP contribution in [-0.2, 0) is 0 Å². The van der Waals surface area contributed by atoms with Gasteiger partial charge in [-0.1, -0.05) is 23.2 Å². The summed E-state index contributed by atoms with van der Waals surface area (Å²) in [5, 5.41) is 0.729. The van der Waals surface area contributed by atoms with E-state index < -0.39 is 0 Å². The number of benzene rings is 1. The van der Waals surface area contributed by atoms with Crippen LogP contribution in [0.15, 0.2) is 12.1 Å². The number of carbonyl (C=O) groups excluding carboxylic acids is 1. The van der Waals surface area contributed by atoms with E-state index in [9.17, 15) is 4.79 Å². The first-order chi connectivity index (χ1) is 5.52. The molecule has 1 aromatic rings. The molecule has 0 bridgehead atoms. The van der Waals surface area contributed by atoms with Gasteiger partial charge in [-0.05, 0) is 19.1 Å². The van der Waals surface area contributed by atoms with Gasteiger partial charge in [0, 0.05) is 10.6 Å². The van der Waals surface area contributed by atoms with Gasteiger partial charge in [0.25, 0.3) is 0 Å². The minimum atomic E-state index is -0.142. The number of hydrogen-bond acceptors (Lipinski definition) is 2. The van der Waals surface area contributed by atoms with Crippen molar-refractivity contribution >= 4 is 34.7 Å². The molecule has 0 aromatic heterocycles. The molecule has 0 fully saturated rings. The lowest BCUT2D eigenvalue weighted by molar-refractivity contribution is 0.101. The molecule has 2 nitrogen and oxygen atoms in total. The van der Waals surface area contributed by atoms with Gasteiger partial charge in [0.2, 0.25) is 0 Å². The Morgan fingerprint density at radius 2 is 2.00 bits per heavy atom. The van der Waals surface area contributed by atoms with Crippen molar-refractivity contribution in [3.63, 3.8) is 0 Å². The molecular weight excluding hydrogens is 197 g/mol. The maximum Gasteiger partial charge on any atom is 0.161 e. The topological polar surface area (TPSA) is 43.1 Å². The summed E-state index contributed by atoms with van der Waals surface area (Å²) in [5.41, 5.74) is 6.19. The molecule has 0 heterocycles. The first-order valence-corrected chi connectivity index (χ1v) is 4.03. The third kappa shape index (κ3) is 1.71. The lowest BCUT2D eigenvalue weighted by Crippen LogP contribution is -1.99. The van der Waals surface area contributed by atoms with E-state index in [1.807, 2.05) is 0 Å². The van der Waals surface area contributed by atoms with Crippen molar-refractivity contribution in [3.8, 4) is 0 Å². The molecule has 0 atom stereocenters. The Kier molecular flexibility index (Phi) is 2.60. The zero-order valence-corrected chi connectivity index (χ0v) is 7.91. The summed E-state index contributed by atoms with van der Waals surface area (Å²) >= 11 is 11.4. The van der Waals surface area contributed by atoms with E-state index in [0.717, 1.165) is 0 Å². The van der Waals surface area contributed by atoms with Crippen LogP contribution in [0.5, 0.6) is 0 Å². The lowest BCUT2D eigenvalue weighted by atomic mass is 10.1. The van der Waals surface area contributed by atoms with Gasteiger partial charge in [0.15, 0.2) is 5.78 Å². The largest absolute Gasteiger partial charge is 0.397 e. The van der Waals surface area contributed by atoms with E-state index in [1.54, 1.807) is 0 Å². The van der Waals surface area contributed by atoms with Crippen LogP contribution in [0.25, 0.3) is 0 Å². The van der Waals surface area contributed by atoms with Crippen LogP contribution in [0.4, 0.5) is 5.69 Å². The highest BCUT2D eigenvalue weighted by atomic mass is 35.5. The summed E-state index contributed by atoms with van der Waals surface area (Å²) in [5.74, 6) is -0.142. The molecule has 4 heteroatoms. The van der Waals surface area contributed by atoms with Crippen LogP contribution >= 0.6 is 23.2 Å². The average Bonchev–Trinajstić information content (AvgIpc) is 1.96. The fourth-order valence-electron chi connectivity index (χ4n) is 0.876. The highest BCUT2D eigenvalue weighted by Gasteiger charge is 2.08. The first kappa shape index (κ1) is 9.36. The smallest absolute Gasteiger partial charge is 0.161 e. The third-order valence-electron chi connectivity index (χ3n) is 1.47. The Labute approximate surface area is 80.3 Å². The maximum atomic E-state index is 11.0. The van der Waals surface area contributed by atoms with Gasteiger partial charge in [0.05, 0.1) is 10.7 Å². The predicted molar refractivity (Wildman–Crippen MR) is 50.9 cm³/mol. The van der Waals surface area contributed by atoms with Crippen molar-refractivity contribution in [2.24, 2.45) is 0 Å². The fraction of sp³-hybridized carbons (Fsp3) is 0.125. The highest BCUT2D eigenvalue weighted by molar-refractivity contribution is 6.37. The summed E-state index contributed by atoms with van der Waals surface area (Å²) in [4.78, 5) is 11.0. The third-order valence-corrected chi connectivity index (χ3v) is 2.00. The lowest BCUT2D eigenvalue weighted by Gasteiger charge is -2.03. The minimum Gasteiger partial charge on any atom is -0.397 e. The molecular formula is C8H7Cl2NO. The van der Waals surface area contributed by atoms with E-state index in [4.69, 9.17) is 28.9 Å². The van der Waals surface area contributed by atoms with Crippen LogP contribution in [0.3, 0.4) is 0 Å². The number of anilines is 1. The molecule has 0 saturated heterocycles. The highest BCUT2D eigenvalue weighted by Crippen LogP contribution is 2.27. The zero-order chi connectivity index (χ0) is 9.30. The summed E-state index contributed by atoms with van der Waals surface area (Å²) in [6.07, 6.45) is 0. The summed E-state index contributed by atoms with van der Waals surface area (Å²) < 4.78 is 0. The number of ketones is 1. The van der Waals surface area contributed by atoms with E-state index >= 15 is 0 Å². The second kappa shape index (κ2) is 3.33. The SMILES string of the molecule is CC(=O)c1cc(Cl)cc(Cl)c1N. The Morgan fingerprint density at radius 3 is 2.50 bits per heavy atom. The van der Waals surface area contributed by atoms with E-state index in [0.29, 0.717) is 15.6 Å². The van der Waals surface area contributed by atoms with E-state index in [2.05, 4.69) is 0 Å². The molecule has 0 radical (unpaired) electrons. The van der Waals surface area contributed by atoms with Crippen LogP contribution < -0.4 is 5.73 Å². The van der Waals surface area contributed by atoms with Crippen LogP contribution in [-0.4, -0.2) is 5.78 Å². The second-order valence-electron chi connectivity index (χ2n) is 2.41. The quantitative estimate of drug-likeness (QED) is 0.564. The van der Waals surface area contributed by atoms with Gasteiger partial charge in [-0.3, -0.25) is 4.79 Å². The molecule has 1 aromatic carbocycles. The standard InChI is InChI=1S/C8H7Cl2NO/c1-4(12)6-2-5(9)3-7(10)8(6)11/h2-3H,11H2,1H3. The monoisotopic (exact) mass is 203 g/mol. The van der Waals surface area contributed by atoms with E-state index in [1.165, 1.54) is 19.1 Å². The maximum absolute atomic E-state index is 11.0. The van der Waals surface area contributed by atoms with Gasteiger partial charge in [-0.15, -0.1) is 0 Å². The number of rotatable bonds is 1. The van der Waals surface area contributed by atoms with Crippen LogP contribution in [0.2, 0.25) is 10.0 Å². The fourth-order valence-corrected chi connectivity index (χ4v) is 1.37. The van der Waals surface area contributed by atoms with Gasteiger partial charge in [-0.25, -0.2) is 0 Å². The molecule has 1 rings (SSSR count). The molecule has 0 spiro atoms. The Bertz CT molecular complexity index is 336. The van der Waals surface area contributed by atoms with Crippen LogP contribution in [0.1, 0.15) is 17.3 Å². The van der Waals surface area contributed by atoms with Crippen molar-refractivity contribution in [2.75, 3.05) is 5.73 Å². The molecule has 64 valence electrons. The molecule has 0 unspecified atom stereocenters. The van der Waals surface area contributed by atoms with Gasteiger partial charge < -0.3 is 5.73 Å². The van der Waals surface area contributed by atoms with Crippen molar-refractivity contribution in [3.05, 3.63) is 27.7 Å². The van der Waals surface area contributed by atoms with Crippen molar-refractivity contribution in [1.82, 2.24) is 0 Å². The Hall–Kier alpha value is -0.730. The van der Waals surface area contributed by atoms with Crippen molar-refractivity contribution in [1.29, 1.82) is 0 Å². The van der Waals surface area contributed by atoms with Gasteiger partial charge in [-0.2, -0.15) is 0 Å².